The van der Waals surface area contributed by atoms with Crippen LogP contribution in [0.4, 0.5) is 0 Å². The van der Waals surface area contributed by atoms with Crippen LogP contribution in [0.1, 0.15) is 103 Å². The van der Waals surface area contributed by atoms with Gasteiger partial charge >= 0.3 is 0 Å². The molecule has 2 unspecified atom stereocenters. The Kier molecular flexibility index (Phi) is 7.44. The maximum absolute atomic E-state index is 7.25. The summed E-state index contributed by atoms with van der Waals surface area (Å²) in [4.78, 5) is 0. The zero-order chi connectivity index (χ0) is 38.0. The van der Waals surface area contributed by atoms with Crippen LogP contribution in [0.15, 0.2) is 121 Å². The van der Waals surface area contributed by atoms with Crippen LogP contribution in [-0.4, -0.2) is 0 Å². The lowest BCUT2D eigenvalue weighted by atomic mass is 9.71. The minimum Gasteiger partial charge on any atom is -0.306 e. The van der Waals surface area contributed by atoms with Gasteiger partial charge in [0.2, 0.25) is 0 Å². The first kappa shape index (κ1) is 34.8. The highest BCUT2D eigenvalue weighted by Crippen LogP contribution is 2.51. The van der Waals surface area contributed by atoms with Crippen LogP contribution < -0.4 is 34.4 Å². The Hall–Kier alpha value is -4.92. The van der Waals surface area contributed by atoms with E-state index in [0.717, 1.165) is 103 Å². The molecule has 6 aromatic carbocycles. The van der Waals surface area contributed by atoms with Crippen molar-refractivity contribution in [1.82, 2.24) is 0 Å². The Morgan fingerprint density at radius 2 is 0.685 bits per heavy atom. The third-order valence-electron chi connectivity index (χ3n) is 13.5. The van der Waals surface area contributed by atoms with E-state index in [-0.39, 0.29) is 10.8 Å². The van der Waals surface area contributed by atoms with Gasteiger partial charge in [0.1, 0.15) is 17.0 Å². The number of benzene rings is 6. The van der Waals surface area contributed by atoms with Gasteiger partial charge in [0.15, 0.2) is 0 Å². The smallest absolute Gasteiger partial charge is 0.118 e. The van der Waals surface area contributed by atoms with Crippen LogP contribution in [-0.2, 0) is 27.8 Å². The van der Waals surface area contributed by atoms with Crippen LogP contribution in [0.2, 0.25) is 0 Å². The first-order valence-corrected chi connectivity index (χ1v) is 19.2. The fraction of sp³-hybridized carbons (Fsp3) is 0.250. The molecule has 0 fully saturated rings. The van der Waals surface area contributed by atoms with Crippen LogP contribution in [0.25, 0.3) is 33.4 Å². The number of hydrogen-bond donors (Lipinski definition) is 6. The molecule has 272 valence electrons. The van der Waals surface area contributed by atoms with Crippen LogP contribution in [0.3, 0.4) is 0 Å². The second kappa shape index (κ2) is 11.5. The fourth-order valence-electron chi connectivity index (χ4n) is 9.98. The fourth-order valence-corrected chi connectivity index (χ4v) is 9.98. The van der Waals surface area contributed by atoms with Gasteiger partial charge in [-0.1, -0.05) is 155 Å². The molecule has 0 bridgehead atoms. The molecule has 0 aliphatic heterocycles. The quantitative estimate of drug-likeness (QED) is 0.0929. The van der Waals surface area contributed by atoms with Gasteiger partial charge in [0.25, 0.3) is 0 Å². The maximum atomic E-state index is 7.25. The molecule has 6 aromatic rings. The van der Waals surface area contributed by atoms with Crippen molar-refractivity contribution in [2.75, 3.05) is 0 Å². The van der Waals surface area contributed by atoms with Gasteiger partial charge in [0, 0.05) is 10.8 Å². The highest BCUT2D eigenvalue weighted by molar-refractivity contribution is 5.84. The van der Waals surface area contributed by atoms with Gasteiger partial charge in [0.05, 0.1) is 0 Å². The third-order valence-corrected chi connectivity index (χ3v) is 13.5. The average molecular weight is 711 g/mol. The Bertz CT molecular complexity index is 2530. The summed E-state index contributed by atoms with van der Waals surface area (Å²) in [7, 11) is 0. The van der Waals surface area contributed by atoms with E-state index in [1.807, 2.05) is 36.4 Å². The Morgan fingerprint density at radius 3 is 1.02 bits per heavy atom. The van der Waals surface area contributed by atoms with Crippen LogP contribution in [0.5, 0.6) is 0 Å². The second-order valence-electron chi connectivity index (χ2n) is 16.5. The Balaban J connectivity index is 1.10. The molecule has 0 aromatic heterocycles. The largest absolute Gasteiger partial charge is 0.306 e. The predicted molar refractivity (Wildman–Crippen MR) is 221 cm³/mol. The van der Waals surface area contributed by atoms with Crippen molar-refractivity contribution in [3.63, 3.8) is 0 Å². The van der Waals surface area contributed by atoms with Gasteiger partial charge in [-0.05, 0) is 102 Å². The summed E-state index contributed by atoms with van der Waals surface area (Å²) >= 11 is 0. The summed E-state index contributed by atoms with van der Waals surface area (Å²) in [5.41, 5.74) is 54.7. The summed E-state index contributed by atoms with van der Waals surface area (Å²) < 4.78 is 0. The van der Waals surface area contributed by atoms with Crippen LogP contribution >= 0.6 is 0 Å². The van der Waals surface area contributed by atoms with Crippen molar-refractivity contribution in [1.29, 1.82) is 0 Å². The van der Waals surface area contributed by atoms with E-state index in [4.69, 9.17) is 34.4 Å². The van der Waals surface area contributed by atoms with Gasteiger partial charge < -0.3 is 34.4 Å². The molecule has 0 saturated carbocycles. The molecule has 0 heterocycles. The van der Waals surface area contributed by atoms with Gasteiger partial charge in [-0.25, -0.2) is 0 Å². The molecule has 6 nitrogen and oxygen atoms in total. The zero-order valence-electron chi connectivity index (χ0n) is 31.6. The van der Waals surface area contributed by atoms with Gasteiger partial charge in [-0.3, -0.25) is 0 Å². The van der Waals surface area contributed by atoms with E-state index >= 15 is 0 Å². The van der Waals surface area contributed by atoms with Crippen molar-refractivity contribution in [3.8, 4) is 33.4 Å². The molecular weight excluding hydrogens is 661 g/mol. The topological polar surface area (TPSA) is 156 Å². The van der Waals surface area contributed by atoms with Gasteiger partial charge in [-0.2, -0.15) is 0 Å². The molecule has 3 aliphatic rings. The summed E-state index contributed by atoms with van der Waals surface area (Å²) in [6.07, 6.45) is 2.76. The highest BCUT2D eigenvalue weighted by atomic mass is 15.0. The van der Waals surface area contributed by atoms with E-state index in [2.05, 4.69) is 113 Å². The van der Waals surface area contributed by atoms with Crippen molar-refractivity contribution >= 4 is 0 Å². The lowest BCUT2D eigenvalue weighted by Gasteiger charge is -2.34. The van der Waals surface area contributed by atoms with Crippen molar-refractivity contribution in [3.05, 3.63) is 177 Å². The minimum absolute atomic E-state index is 0.338. The SMILES string of the molecule is CCCC(C)(c1ccc2c(c1)C(N)(N)c1ccccc1-2)c1ccc2c(c1)C(N)(N)c1cc(C(C)(CC)c3ccc4c(c3)C(N)(N)c3ccccc3-4)ccc1-2. The van der Waals surface area contributed by atoms with Gasteiger partial charge in [-0.15, -0.1) is 0 Å². The van der Waals surface area contributed by atoms with Crippen molar-refractivity contribution < 1.29 is 0 Å². The summed E-state index contributed by atoms with van der Waals surface area (Å²) in [5, 5.41) is 0. The second-order valence-corrected chi connectivity index (χ2v) is 16.5. The molecule has 3 aliphatic carbocycles. The lowest BCUT2D eigenvalue weighted by Crippen LogP contribution is -2.46. The van der Waals surface area contributed by atoms with E-state index in [9.17, 15) is 0 Å². The van der Waals surface area contributed by atoms with Crippen LogP contribution in [0, 0.1) is 0 Å². The molecule has 0 amide bonds. The molecule has 9 rings (SSSR count). The molecule has 6 heteroatoms. The molecule has 0 radical (unpaired) electrons. The summed E-state index contributed by atoms with van der Waals surface area (Å²) in [5.74, 6) is 0. The molecule has 2 atom stereocenters. The summed E-state index contributed by atoms with van der Waals surface area (Å²) in [6.45, 7) is 9.04. The van der Waals surface area contributed by atoms with E-state index in [1.165, 1.54) is 5.56 Å². The number of rotatable bonds is 7. The Labute approximate surface area is 318 Å². The molecule has 0 saturated heterocycles. The normalized spacial score (nSPS) is 18.4. The maximum Gasteiger partial charge on any atom is 0.118 e. The van der Waals surface area contributed by atoms with E-state index < -0.39 is 17.0 Å². The first-order valence-electron chi connectivity index (χ1n) is 19.2. The van der Waals surface area contributed by atoms with Crippen molar-refractivity contribution in [2.24, 2.45) is 34.4 Å². The third kappa shape index (κ3) is 4.56. The molecular formula is C48H50N6. The number of fused-ring (bicyclic) bond motifs is 9. The number of hydrogen-bond acceptors (Lipinski definition) is 6. The number of nitrogens with two attached hydrogens (primary N) is 6. The molecule has 0 spiro atoms. The van der Waals surface area contributed by atoms with Crippen molar-refractivity contribution in [2.45, 2.75) is 74.8 Å². The standard InChI is InChI=1S/C48H50N6/c1-5-23-45(4,30-17-21-35-33-12-8-10-14-39(33)47(51,52)41(35)26-30)31-18-22-37-36-20-16-29(25-42(36)48(53,54)43(37)27-31)44(3,6-2)28-15-19-34-32-11-7-9-13-38(32)46(49,50)40(34)24-28/h7-22,24-27H,5-6,23,49-54H2,1-4H3. The van der Waals surface area contributed by atoms with E-state index in [0.29, 0.717) is 0 Å². The predicted octanol–water partition coefficient (Wildman–Crippen LogP) is 7.81. The highest BCUT2D eigenvalue weighted by Gasteiger charge is 2.43. The molecule has 12 N–H and O–H groups in total. The zero-order valence-corrected chi connectivity index (χ0v) is 31.6. The summed E-state index contributed by atoms with van der Waals surface area (Å²) in [6, 6.07) is 42.9. The first-order chi connectivity index (χ1) is 25.7. The lowest BCUT2D eigenvalue weighted by molar-refractivity contribution is 0.505. The minimum atomic E-state index is -1.19. The monoisotopic (exact) mass is 710 g/mol. The van der Waals surface area contributed by atoms with E-state index in [1.54, 1.807) is 0 Å². The molecule has 54 heavy (non-hydrogen) atoms. The Morgan fingerprint density at radius 1 is 0.389 bits per heavy atom. The average Bonchev–Trinajstić information content (AvgIpc) is 3.66.